The highest BCUT2D eigenvalue weighted by Crippen LogP contribution is 2.31. The lowest BCUT2D eigenvalue weighted by molar-refractivity contribution is -0.120. The summed E-state index contributed by atoms with van der Waals surface area (Å²) >= 11 is 12.1. The third-order valence-corrected chi connectivity index (χ3v) is 6.05. The van der Waals surface area contributed by atoms with Gasteiger partial charge in [0.25, 0.3) is 17.7 Å². The lowest BCUT2D eigenvalue weighted by Gasteiger charge is -2.22. The van der Waals surface area contributed by atoms with E-state index < -0.39 is 11.8 Å². The molecule has 0 unspecified atom stereocenters. The van der Waals surface area contributed by atoms with Gasteiger partial charge in [-0.05, 0) is 55.3 Å². The van der Waals surface area contributed by atoms with Crippen molar-refractivity contribution in [3.05, 3.63) is 69.8 Å². The van der Waals surface area contributed by atoms with E-state index in [4.69, 9.17) is 23.2 Å². The molecule has 160 valence electrons. The van der Waals surface area contributed by atoms with Gasteiger partial charge >= 0.3 is 0 Å². The quantitative estimate of drug-likeness (QED) is 0.629. The molecule has 0 saturated heterocycles. The molecule has 8 heteroatoms. The van der Waals surface area contributed by atoms with E-state index in [9.17, 15) is 14.4 Å². The maximum atomic E-state index is 12.9. The van der Waals surface area contributed by atoms with Crippen LogP contribution in [0.4, 0.5) is 11.4 Å². The minimum Gasteiger partial charge on any atom is -0.350 e. The summed E-state index contributed by atoms with van der Waals surface area (Å²) in [5.74, 6) is -1.36. The summed E-state index contributed by atoms with van der Waals surface area (Å²) in [6, 6.07) is 13.3. The number of nitrogens with one attached hydrogen (secondary N) is 2. The number of hydrogen-bond donors (Lipinski definition) is 2. The van der Waals surface area contributed by atoms with Crippen molar-refractivity contribution in [2.45, 2.75) is 38.1 Å². The number of amides is 3. The van der Waals surface area contributed by atoms with Crippen LogP contribution in [0.1, 0.15) is 42.5 Å². The molecular formula is C23H21Cl2N3O3. The van der Waals surface area contributed by atoms with Crippen LogP contribution in [0, 0.1) is 0 Å². The number of rotatable bonds is 5. The standard InChI is InChI=1S/C23H21Cl2N3O3/c24-15-9-11-18(12-10-15)28-22(30)19(25)20(23(28)31)26-17-8-4-5-14(13-17)21(29)27-16-6-2-1-3-7-16/h4-5,8-13,16,26H,1-3,6-7H2,(H,27,29). The van der Waals surface area contributed by atoms with Crippen molar-refractivity contribution in [2.24, 2.45) is 0 Å². The number of carbonyl (C=O) groups excluding carboxylic acids is 3. The smallest absolute Gasteiger partial charge is 0.283 e. The van der Waals surface area contributed by atoms with E-state index in [1.54, 1.807) is 48.5 Å². The molecule has 4 rings (SSSR count). The average Bonchev–Trinajstić information content (AvgIpc) is 2.98. The molecule has 2 aromatic rings. The van der Waals surface area contributed by atoms with Gasteiger partial charge in [0.2, 0.25) is 0 Å². The van der Waals surface area contributed by atoms with Crippen LogP contribution in [-0.2, 0) is 9.59 Å². The number of halogens is 2. The zero-order valence-electron chi connectivity index (χ0n) is 16.7. The maximum Gasteiger partial charge on any atom is 0.283 e. The van der Waals surface area contributed by atoms with Crippen molar-refractivity contribution in [1.29, 1.82) is 0 Å². The van der Waals surface area contributed by atoms with Crippen molar-refractivity contribution in [3.63, 3.8) is 0 Å². The average molecular weight is 458 g/mol. The molecule has 1 heterocycles. The SMILES string of the molecule is O=C(NC1CCCCC1)c1cccc(NC2=C(Cl)C(=O)N(c3ccc(Cl)cc3)C2=O)c1. The fourth-order valence-corrected chi connectivity index (χ4v) is 4.17. The van der Waals surface area contributed by atoms with Crippen LogP contribution >= 0.6 is 23.2 Å². The van der Waals surface area contributed by atoms with E-state index in [1.807, 2.05) is 0 Å². The van der Waals surface area contributed by atoms with Crippen LogP contribution in [0.5, 0.6) is 0 Å². The number of hydrogen-bond acceptors (Lipinski definition) is 4. The number of nitrogens with zero attached hydrogens (tertiary/aromatic N) is 1. The molecule has 2 aromatic carbocycles. The molecular weight excluding hydrogens is 437 g/mol. The summed E-state index contributed by atoms with van der Waals surface area (Å²) in [6.45, 7) is 0. The van der Waals surface area contributed by atoms with Crippen LogP contribution in [0.2, 0.25) is 5.02 Å². The van der Waals surface area contributed by atoms with Crippen molar-refractivity contribution < 1.29 is 14.4 Å². The topological polar surface area (TPSA) is 78.5 Å². The highest BCUT2D eigenvalue weighted by Gasteiger charge is 2.39. The summed E-state index contributed by atoms with van der Waals surface area (Å²) in [7, 11) is 0. The molecule has 0 spiro atoms. The van der Waals surface area contributed by atoms with E-state index in [-0.39, 0.29) is 22.7 Å². The molecule has 0 atom stereocenters. The molecule has 0 aromatic heterocycles. The zero-order valence-corrected chi connectivity index (χ0v) is 18.2. The summed E-state index contributed by atoms with van der Waals surface area (Å²) in [5, 5.41) is 6.26. The first-order valence-corrected chi connectivity index (χ1v) is 10.9. The van der Waals surface area contributed by atoms with Crippen LogP contribution in [0.15, 0.2) is 59.3 Å². The minimum absolute atomic E-state index is 0.0357. The van der Waals surface area contributed by atoms with E-state index in [0.29, 0.717) is 22.0 Å². The van der Waals surface area contributed by atoms with Crippen molar-refractivity contribution in [1.82, 2.24) is 5.32 Å². The number of imide groups is 1. The Hall–Kier alpha value is -2.83. The van der Waals surface area contributed by atoms with Gasteiger partial charge in [-0.1, -0.05) is 48.5 Å². The monoisotopic (exact) mass is 457 g/mol. The second kappa shape index (κ2) is 9.12. The Balaban J connectivity index is 1.50. The minimum atomic E-state index is -0.623. The van der Waals surface area contributed by atoms with Gasteiger partial charge in [0.15, 0.2) is 0 Å². The third-order valence-electron chi connectivity index (χ3n) is 5.45. The fourth-order valence-electron chi connectivity index (χ4n) is 3.83. The highest BCUT2D eigenvalue weighted by atomic mass is 35.5. The number of benzene rings is 2. The van der Waals surface area contributed by atoms with Gasteiger partial charge in [-0.25, -0.2) is 4.90 Å². The Morgan fingerprint density at radius 1 is 0.935 bits per heavy atom. The zero-order chi connectivity index (χ0) is 22.0. The molecule has 1 aliphatic heterocycles. The van der Waals surface area contributed by atoms with Crippen LogP contribution in [0.25, 0.3) is 0 Å². The van der Waals surface area contributed by atoms with Crippen LogP contribution in [-0.4, -0.2) is 23.8 Å². The van der Waals surface area contributed by atoms with Crippen LogP contribution in [0.3, 0.4) is 0 Å². The van der Waals surface area contributed by atoms with Gasteiger partial charge in [-0.15, -0.1) is 0 Å². The Labute approximate surface area is 190 Å². The van der Waals surface area contributed by atoms with Crippen molar-refractivity contribution in [3.8, 4) is 0 Å². The molecule has 6 nitrogen and oxygen atoms in total. The van der Waals surface area contributed by atoms with Gasteiger partial charge in [-0.3, -0.25) is 14.4 Å². The first-order valence-electron chi connectivity index (χ1n) is 10.2. The van der Waals surface area contributed by atoms with Gasteiger partial charge in [-0.2, -0.15) is 0 Å². The predicted molar refractivity (Wildman–Crippen MR) is 121 cm³/mol. The molecule has 2 aliphatic rings. The van der Waals surface area contributed by atoms with Crippen molar-refractivity contribution in [2.75, 3.05) is 10.2 Å². The first kappa shape index (κ1) is 21.4. The summed E-state index contributed by atoms with van der Waals surface area (Å²) < 4.78 is 0. The number of carbonyl (C=O) groups is 3. The molecule has 1 saturated carbocycles. The van der Waals surface area contributed by atoms with Gasteiger partial charge < -0.3 is 10.6 Å². The highest BCUT2D eigenvalue weighted by molar-refractivity contribution is 6.53. The molecule has 2 N–H and O–H groups in total. The van der Waals surface area contributed by atoms with E-state index in [2.05, 4.69) is 10.6 Å². The molecule has 3 amide bonds. The first-order chi connectivity index (χ1) is 14.9. The molecule has 0 bridgehead atoms. The maximum absolute atomic E-state index is 12.9. The summed E-state index contributed by atoms with van der Waals surface area (Å²) in [4.78, 5) is 39.1. The lowest BCUT2D eigenvalue weighted by Crippen LogP contribution is -2.36. The van der Waals surface area contributed by atoms with E-state index in [0.717, 1.165) is 30.6 Å². The van der Waals surface area contributed by atoms with Crippen molar-refractivity contribution >= 4 is 52.3 Å². The molecule has 1 aliphatic carbocycles. The Morgan fingerprint density at radius 3 is 2.35 bits per heavy atom. The summed E-state index contributed by atoms with van der Waals surface area (Å²) in [5.41, 5.74) is 1.29. The molecule has 31 heavy (non-hydrogen) atoms. The fraction of sp³-hybridized carbons (Fsp3) is 0.261. The van der Waals surface area contributed by atoms with Gasteiger partial charge in [0.05, 0.1) is 5.69 Å². The number of anilines is 2. The van der Waals surface area contributed by atoms with E-state index >= 15 is 0 Å². The Bertz CT molecular complexity index is 1060. The Kier molecular flexibility index (Phi) is 6.30. The Morgan fingerprint density at radius 2 is 1.65 bits per heavy atom. The molecule has 0 radical (unpaired) electrons. The normalized spacial score (nSPS) is 17.3. The van der Waals surface area contributed by atoms with Gasteiger partial charge in [0, 0.05) is 22.3 Å². The lowest BCUT2D eigenvalue weighted by atomic mass is 9.95. The van der Waals surface area contributed by atoms with Crippen LogP contribution < -0.4 is 15.5 Å². The largest absolute Gasteiger partial charge is 0.350 e. The van der Waals surface area contributed by atoms with E-state index in [1.165, 1.54) is 6.42 Å². The second-order valence-corrected chi connectivity index (χ2v) is 8.44. The van der Waals surface area contributed by atoms with Gasteiger partial charge in [0.1, 0.15) is 10.7 Å². The second-order valence-electron chi connectivity index (χ2n) is 7.63. The third kappa shape index (κ3) is 4.60. The molecule has 1 fully saturated rings. The summed E-state index contributed by atoms with van der Waals surface area (Å²) in [6.07, 6.45) is 5.44. The predicted octanol–water partition coefficient (Wildman–Crippen LogP) is 4.84.